The number of nitrogens with one attached hydrogen (secondary N) is 4. The van der Waals surface area contributed by atoms with Crippen molar-refractivity contribution in [2.24, 2.45) is 4.99 Å². The van der Waals surface area contributed by atoms with Crippen molar-refractivity contribution in [1.82, 2.24) is 31.1 Å². The smallest absolute Gasteiger partial charge is 0.257 e. The van der Waals surface area contributed by atoms with Crippen LogP contribution in [0.2, 0.25) is 0 Å². The Labute approximate surface area is 221 Å². The molecule has 1 aromatic heterocycles. The Morgan fingerprint density at radius 3 is 2.49 bits per heavy atom. The topological polar surface area (TPSA) is 102 Å². The molecule has 0 saturated carbocycles. The lowest BCUT2D eigenvalue weighted by atomic mass is 10.0. The summed E-state index contributed by atoms with van der Waals surface area (Å²) in [6, 6.07) is 16.6. The summed E-state index contributed by atoms with van der Waals surface area (Å²) in [5.74, 6) is 2.18. The van der Waals surface area contributed by atoms with E-state index in [1.807, 2.05) is 32.2 Å². The van der Waals surface area contributed by atoms with Gasteiger partial charge in [-0.05, 0) is 56.1 Å². The van der Waals surface area contributed by atoms with Crippen LogP contribution in [0, 0.1) is 6.92 Å². The molecular weight excluding hydrogens is 462 g/mol. The number of likely N-dealkylation sites (N-methyl/N-ethyl adjacent to an activating group) is 2. The van der Waals surface area contributed by atoms with Gasteiger partial charge in [-0.2, -0.15) is 19.9 Å². The normalized spacial score (nSPS) is 11.4. The summed E-state index contributed by atoms with van der Waals surface area (Å²) in [4.78, 5) is 20.9. The number of hydrogen-bond acceptors (Lipinski definition) is 8. The molecule has 9 heteroatoms. The number of amidine groups is 1. The molecule has 4 N–H and O–H groups in total. The Morgan fingerprint density at radius 2 is 1.81 bits per heavy atom. The van der Waals surface area contributed by atoms with Crippen molar-refractivity contribution in [3.8, 4) is 0 Å². The van der Waals surface area contributed by atoms with E-state index >= 15 is 0 Å². The number of aromatic nitrogens is 3. The fourth-order valence-corrected chi connectivity index (χ4v) is 3.86. The third kappa shape index (κ3) is 8.80. The first-order chi connectivity index (χ1) is 18.1. The summed E-state index contributed by atoms with van der Waals surface area (Å²) in [6.45, 7) is 11.5. The highest BCUT2D eigenvalue weighted by atomic mass is 15.4. The van der Waals surface area contributed by atoms with Gasteiger partial charge in [-0.1, -0.05) is 56.7 Å². The van der Waals surface area contributed by atoms with Gasteiger partial charge in [-0.3, -0.25) is 0 Å². The highest BCUT2D eigenvalue weighted by Crippen LogP contribution is 2.22. The monoisotopic (exact) mass is 503 g/mol. The zero-order chi connectivity index (χ0) is 26.5. The van der Waals surface area contributed by atoms with Crippen LogP contribution in [0.5, 0.6) is 0 Å². The first kappa shape index (κ1) is 28.0. The molecule has 0 fully saturated rings. The minimum atomic E-state index is 0.362. The molecule has 198 valence electrons. The lowest BCUT2D eigenvalue weighted by molar-refractivity contribution is 0.645. The second-order valence-electron chi connectivity index (χ2n) is 8.83. The molecule has 0 spiro atoms. The Kier molecular flexibility index (Phi) is 11.3. The molecule has 0 saturated heterocycles. The fraction of sp³-hybridized carbons (Fsp3) is 0.429. The van der Waals surface area contributed by atoms with E-state index in [-0.39, 0.29) is 0 Å². The van der Waals surface area contributed by atoms with E-state index in [1.165, 1.54) is 16.7 Å². The summed E-state index contributed by atoms with van der Waals surface area (Å²) >= 11 is 0. The van der Waals surface area contributed by atoms with Crippen LogP contribution in [0.3, 0.4) is 0 Å². The summed E-state index contributed by atoms with van der Waals surface area (Å²) in [6.07, 6.45) is 2.89. The largest absolute Gasteiger partial charge is 0.340 e. The Morgan fingerprint density at radius 1 is 1.00 bits per heavy atom. The van der Waals surface area contributed by atoms with Crippen molar-refractivity contribution in [3.63, 3.8) is 0 Å². The van der Waals surface area contributed by atoms with E-state index in [4.69, 9.17) is 9.98 Å². The van der Waals surface area contributed by atoms with Crippen molar-refractivity contribution in [2.45, 2.75) is 53.5 Å². The molecule has 0 aliphatic heterocycles. The summed E-state index contributed by atoms with van der Waals surface area (Å²) in [7, 11) is 1.94. The van der Waals surface area contributed by atoms with Gasteiger partial charge in [0.15, 0.2) is 0 Å². The predicted molar refractivity (Wildman–Crippen MR) is 154 cm³/mol. The highest BCUT2D eigenvalue weighted by molar-refractivity contribution is 5.83. The van der Waals surface area contributed by atoms with Gasteiger partial charge in [0.2, 0.25) is 11.9 Å². The Balaban J connectivity index is 1.85. The average Bonchev–Trinajstić information content (AvgIpc) is 2.91. The van der Waals surface area contributed by atoms with Crippen molar-refractivity contribution < 1.29 is 0 Å². The number of anilines is 3. The quantitative estimate of drug-likeness (QED) is 0.143. The molecule has 37 heavy (non-hydrogen) atoms. The summed E-state index contributed by atoms with van der Waals surface area (Å²) < 4.78 is 0. The van der Waals surface area contributed by atoms with Crippen LogP contribution in [0.25, 0.3) is 0 Å². The van der Waals surface area contributed by atoms with Crippen molar-refractivity contribution in [3.05, 3.63) is 65.2 Å². The fourth-order valence-electron chi connectivity index (χ4n) is 3.86. The van der Waals surface area contributed by atoms with Crippen LogP contribution in [-0.4, -0.2) is 47.5 Å². The predicted octanol–water partition coefficient (Wildman–Crippen LogP) is 4.66. The molecule has 0 aliphatic carbocycles. The minimum Gasteiger partial charge on any atom is -0.340 e. The van der Waals surface area contributed by atoms with E-state index in [0.717, 1.165) is 44.0 Å². The minimum absolute atomic E-state index is 0.362. The Hall–Kier alpha value is -3.56. The Bertz CT molecular complexity index is 1130. The maximum absolute atomic E-state index is 4.74. The molecule has 9 nitrogen and oxygen atoms in total. The third-order valence-electron chi connectivity index (χ3n) is 5.96. The number of nitrogens with zero attached hydrogens (tertiary/aromatic N) is 5. The molecule has 1 heterocycles. The second kappa shape index (κ2) is 14.9. The number of hydrazine groups is 1. The van der Waals surface area contributed by atoms with Crippen molar-refractivity contribution in [2.75, 3.05) is 36.9 Å². The van der Waals surface area contributed by atoms with Crippen LogP contribution in [0.4, 0.5) is 23.5 Å². The first-order valence-corrected chi connectivity index (χ1v) is 13.2. The van der Waals surface area contributed by atoms with Gasteiger partial charge < -0.3 is 21.0 Å². The first-order valence-electron chi connectivity index (χ1n) is 13.2. The average molecular weight is 504 g/mol. The zero-order valence-corrected chi connectivity index (χ0v) is 22.8. The molecule has 2 aromatic carbocycles. The van der Waals surface area contributed by atoms with Gasteiger partial charge in [0, 0.05) is 38.3 Å². The van der Waals surface area contributed by atoms with Gasteiger partial charge in [0.05, 0.1) is 0 Å². The summed E-state index contributed by atoms with van der Waals surface area (Å²) in [5.41, 5.74) is 11.2. The van der Waals surface area contributed by atoms with Crippen LogP contribution in [-0.2, 0) is 13.0 Å². The molecule has 0 atom stereocenters. The van der Waals surface area contributed by atoms with E-state index in [1.54, 1.807) is 0 Å². The molecule has 0 aliphatic rings. The number of benzene rings is 2. The standard InChI is InChI=1S/C28H41N9/c1-6-12-23-15-16-24(19-21(23)4)31-26-33-27(35-28(34-26)37(8-3)18-17-29-5)32-25(7-2)36-30-20-22-13-10-9-11-14-22/h9-11,13-16,19,29-30H,6-8,12,17-18,20H2,1-5H3,(H2,31,32,33,34,35,36). The van der Waals surface area contributed by atoms with Gasteiger partial charge in [-0.15, -0.1) is 0 Å². The number of aryl methyl sites for hydroxylation is 2. The lowest BCUT2D eigenvalue weighted by Gasteiger charge is -2.21. The molecule has 3 rings (SSSR count). The van der Waals surface area contributed by atoms with Crippen molar-refractivity contribution in [1.29, 1.82) is 0 Å². The van der Waals surface area contributed by atoms with Crippen LogP contribution in [0.15, 0.2) is 53.5 Å². The third-order valence-corrected chi connectivity index (χ3v) is 5.96. The molecule has 0 amide bonds. The lowest BCUT2D eigenvalue weighted by Crippen LogP contribution is -2.36. The SMILES string of the molecule is CCCc1ccc(Nc2nc(/N=C(\CC)NNCc3ccccc3)nc(N(CC)CCNC)n2)cc1C. The van der Waals surface area contributed by atoms with Gasteiger partial charge in [-0.25, -0.2) is 5.43 Å². The van der Waals surface area contributed by atoms with E-state index in [2.05, 4.69) is 87.5 Å². The van der Waals surface area contributed by atoms with E-state index in [0.29, 0.717) is 30.8 Å². The number of hydrogen-bond donors (Lipinski definition) is 4. The molecular formula is C28H41N9. The highest BCUT2D eigenvalue weighted by Gasteiger charge is 2.13. The van der Waals surface area contributed by atoms with Crippen LogP contribution in [0.1, 0.15) is 50.3 Å². The van der Waals surface area contributed by atoms with E-state index < -0.39 is 0 Å². The molecule has 0 unspecified atom stereocenters. The molecule has 0 radical (unpaired) electrons. The number of aliphatic imine (C=N–C) groups is 1. The zero-order valence-electron chi connectivity index (χ0n) is 22.8. The number of rotatable bonds is 14. The van der Waals surface area contributed by atoms with E-state index in [9.17, 15) is 0 Å². The van der Waals surface area contributed by atoms with Gasteiger partial charge in [0.25, 0.3) is 5.95 Å². The van der Waals surface area contributed by atoms with Crippen LogP contribution < -0.4 is 26.4 Å². The molecule has 3 aromatic rings. The van der Waals surface area contributed by atoms with Gasteiger partial charge in [0.1, 0.15) is 5.84 Å². The maximum atomic E-state index is 4.74. The maximum Gasteiger partial charge on any atom is 0.257 e. The van der Waals surface area contributed by atoms with Crippen LogP contribution >= 0.6 is 0 Å². The van der Waals surface area contributed by atoms with Crippen molar-refractivity contribution >= 4 is 29.4 Å². The second-order valence-corrected chi connectivity index (χ2v) is 8.83. The van der Waals surface area contributed by atoms with Gasteiger partial charge >= 0.3 is 0 Å². The molecule has 0 bridgehead atoms. The summed E-state index contributed by atoms with van der Waals surface area (Å²) in [5, 5.41) is 6.57.